The maximum atomic E-state index is 13.6. The molecule has 160 valence electrons. The van der Waals surface area contributed by atoms with Crippen molar-refractivity contribution in [1.29, 1.82) is 0 Å². The van der Waals surface area contributed by atoms with E-state index in [9.17, 15) is 4.79 Å². The van der Waals surface area contributed by atoms with Gasteiger partial charge in [-0.2, -0.15) is 4.98 Å². The molecule has 1 unspecified atom stereocenters. The summed E-state index contributed by atoms with van der Waals surface area (Å²) in [5, 5.41) is 4.71. The van der Waals surface area contributed by atoms with Gasteiger partial charge in [0.25, 0.3) is 11.8 Å². The summed E-state index contributed by atoms with van der Waals surface area (Å²) in [5.41, 5.74) is 2.10. The number of benzene rings is 1. The van der Waals surface area contributed by atoms with Crippen LogP contribution in [0.3, 0.4) is 0 Å². The molecule has 1 aromatic carbocycles. The molecule has 1 fully saturated rings. The van der Waals surface area contributed by atoms with Gasteiger partial charge in [0.05, 0.1) is 0 Å². The first-order valence-electron chi connectivity index (χ1n) is 10.1. The van der Waals surface area contributed by atoms with Crippen molar-refractivity contribution in [3.8, 4) is 11.4 Å². The summed E-state index contributed by atoms with van der Waals surface area (Å²) in [5.74, 6) is 1.52. The minimum atomic E-state index is -0.0950. The quantitative estimate of drug-likeness (QED) is 0.440. The van der Waals surface area contributed by atoms with E-state index in [1.165, 1.54) is 11.8 Å². The standard InChI is InChI=1S/C21H22N6O3S/c1-29-12-17-23-18(25-30-17)13-5-3-6-14(9-13)27-11-15-7-4-8-26(15)19-16(20(27)28)10-22-21(24-19)31-2/h3,5-6,9-10,15H,4,7-8,11-12H2,1-2H3. The molecule has 0 radical (unpaired) electrons. The fraction of sp³-hybridized carbons (Fsp3) is 0.381. The number of hydrogen-bond acceptors (Lipinski definition) is 9. The van der Waals surface area contributed by atoms with Gasteiger partial charge in [-0.1, -0.05) is 29.1 Å². The van der Waals surface area contributed by atoms with Crippen molar-refractivity contribution in [3.63, 3.8) is 0 Å². The number of carbonyl (C=O) groups is 1. The number of thioether (sulfide) groups is 1. The Morgan fingerprint density at radius 1 is 1.32 bits per heavy atom. The number of ether oxygens (including phenoxy) is 1. The Kier molecular flexibility index (Phi) is 5.33. The molecule has 10 heteroatoms. The summed E-state index contributed by atoms with van der Waals surface area (Å²) in [4.78, 5) is 31.0. The zero-order chi connectivity index (χ0) is 21.4. The van der Waals surface area contributed by atoms with Crippen LogP contribution in [-0.2, 0) is 11.3 Å². The Bertz CT molecular complexity index is 1120. The lowest BCUT2D eigenvalue weighted by molar-refractivity contribution is 0.0988. The topological polar surface area (TPSA) is 97.5 Å². The molecule has 0 N–H and O–H groups in total. The lowest BCUT2D eigenvalue weighted by atomic mass is 10.1. The highest BCUT2D eigenvalue weighted by Crippen LogP contribution is 2.35. The van der Waals surface area contributed by atoms with Crippen LogP contribution in [0.15, 0.2) is 40.1 Å². The largest absolute Gasteiger partial charge is 0.375 e. The Morgan fingerprint density at radius 3 is 3.06 bits per heavy atom. The van der Waals surface area contributed by atoms with E-state index in [0.29, 0.717) is 29.0 Å². The molecule has 0 saturated carbocycles. The van der Waals surface area contributed by atoms with Crippen LogP contribution in [0.1, 0.15) is 29.1 Å². The summed E-state index contributed by atoms with van der Waals surface area (Å²) in [7, 11) is 1.57. The van der Waals surface area contributed by atoms with Crippen LogP contribution in [0.2, 0.25) is 0 Å². The van der Waals surface area contributed by atoms with Crippen molar-refractivity contribution in [1.82, 2.24) is 20.1 Å². The average molecular weight is 439 g/mol. The van der Waals surface area contributed by atoms with E-state index in [0.717, 1.165) is 36.5 Å². The first kappa shape index (κ1) is 20.0. The molecule has 2 aliphatic heterocycles. The second kappa shape index (κ2) is 8.27. The molecule has 1 amide bonds. The molecule has 0 aliphatic carbocycles. The average Bonchev–Trinajstić information content (AvgIpc) is 3.44. The Morgan fingerprint density at radius 2 is 2.23 bits per heavy atom. The summed E-state index contributed by atoms with van der Waals surface area (Å²) in [6, 6.07) is 7.86. The number of aromatic nitrogens is 4. The summed E-state index contributed by atoms with van der Waals surface area (Å²) >= 11 is 1.48. The van der Waals surface area contributed by atoms with Crippen LogP contribution in [0.5, 0.6) is 0 Å². The van der Waals surface area contributed by atoms with E-state index in [-0.39, 0.29) is 18.6 Å². The van der Waals surface area contributed by atoms with E-state index < -0.39 is 0 Å². The number of carbonyl (C=O) groups excluding carboxylic acids is 1. The second-order valence-electron chi connectivity index (χ2n) is 7.49. The number of hydrogen-bond donors (Lipinski definition) is 0. The molecule has 0 spiro atoms. The Hall–Kier alpha value is -2.98. The molecule has 9 nitrogen and oxygen atoms in total. The van der Waals surface area contributed by atoms with Crippen LogP contribution in [0, 0.1) is 0 Å². The van der Waals surface area contributed by atoms with Gasteiger partial charge in [-0.25, -0.2) is 9.97 Å². The van der Waals surface area contributed by atoms with Crippen LogP contribution in [-0.4, -0.2) is 58.5 Å². The molecule has 1 saturated heterocycles. The van der Waals surface area contributed by atoms with Crippen molar-refractivity contribution in [2.24, 2.45) is 0 Å². The van der Waals surface area contributed by atoms with Gasteiger partial charge >= 0.3 is 0 Å². The normalized spacial score (nSPS) is 18.1. The van der Waals surface area contributed by atoms with Gasteiger partial charge < -0.3 is 19.1 Å². The zero-order valence-corrected chi connectivity index (χ0v) is 18.1. The van der Waals surface area contributed by atoms with Crippen molar-refractivity contribution in [2.75, 3.05) is 36.3 Å². The minimum absolute atomic E-state index is 0.0950. The van der Waals surface area contributed by atoms with Crippen LogP contribution in [0.4, 0.5) is 11.5 Å². The van der Waals surface area contributed by atoms with E-state index in [1.807, 2.05) is 35.4 Å². The third-order valence-electron chi connectivity index (χ3n) is 5.60. The van der Waals surface area contributed by atoms with Gasteiger partial charge in [-0.3, -0.25) is 4.79 Å². The fourth-order valence-electron chi connectivity index (χ4n) is 4.16. The van der Waals surface area contributed by atoms with Gasteiger partial charge in [-0.05, 0) is 31.2 Å². The molecular formula is C21H22N6O3S. The number of nitrogens with zero attached hydrogens (tertiary/aromatic N) is 6. The number of rotatable bonds is 5. The van der Waals surface area contributed by atoms with Crippen molar-refractivity contribution >= 4 is 29.2 Å². The molecular weight excluding hydrogens is 416 g/mol. The minimum Gasteiger partial charge on any atom is -0.375 e. The van der Waals surface area contributed by atoms with Gasteiger partial charge in [0, 0.05) is 43.7 Å². The zero-order valence-electron chi connectivity index (χ0n) is 17.3. The number of anilines is 2. The fourth-order valence-corrected chi connectivity index (χ4v) is 4.49. The first-order valence-corrected chi connectivity index (χ1v) is 11.3. The van der Waals surface area contributed by atoms with E-state index >= 15 is 0 Å². The van der Waals surface area contributed by atoms with Gasteiger partial charge in [-0.15, -0.1) is 0 Å². The van der Waals surface area contributed by atoms with Crippen LogP contribution in [0.25, 0.3) is 11.4 Å². The Labute approximate surface area is 183 Å². The van der Waals surface area contributed by atoms with E-state index in [4.69, 9.17) is 9.26 Å². The molecule has 4 heterocycles. The smallest absolute Gasteiger partial charge is 0.263 e. The van der Waals surface area contributed by atoms with Crippen molar-refractivity contribution in [3.05, 3.63) is 41.9 Å². The highest BCUT2D eigenvalue weighted by atomic mass is 32.2. The molecule has 1 atom stereocenters. The van der Waals surface area contributed by atoms with Gasteiger partial charge in [0.15, 0.2) is 5.16 Å². The Balaban J connectivity index is 1.53. The maximum Gasteiger partial charge on any atom is 0.263 e. The number of fused-ring (bicyclic) bond motifs is 3. The summed E-state index contributed by atoms with van der Waals surface area (Å²) in [6.45, 7) is 1.74. The van der Waals surface area contributed by atoms with Gasteiger partial charge in [0.2, 0.25) is 5.82 Å². The lowest BCUT2D eigenvalue weighted by Gasteiger charge is -2.27. The molecule has 31 heavy (non-hydrogen) atoms. The van der Waals surface area contributed by atoms with Crippen LogP contribution >= 0.6 is 11.8 Å². The highest BCUT2D eigenvalue weighted by molar-refractivity contribution is 7.98. The molecule has 2 aliphatic rings. The summed E-state index contributed by atoms with van der Waals surface area (Å²) < 4.78 is 10.3. The monoisotopic (exact) mass is 438 g/mol. The van der Waals surface area contributed by atoms with E-state index in [2.05, 4.69) is 25.0 Å². The summed E-state index contributed by atoms with van der Waals surface area (Å²) in [6.07, 6.45) is 5.70. The SMILES string of the molecule is COCc1nc(-c2cccc(N3CC4CCCN4c4nc(SC)ncc4C3=O)c2)no1. The highest BCUT2D eigenvalue weighted by Gasteiger charge is 2.37. The second-order valence-corrected chi connectivity index (χ2v) is 8.27. The number of methoxy groups -OCH3 is 1. The molecule has 0 bridgehead atoms. The predicted octanol–water partition coefficient (Wildman–Crippen LogP) is 3.02. The molecule has 3 aromatic rings. The maximum absolute atomic E-state index is 13.6. The third-order valence-corrected chi connectivity index (χ3v) is 6.16. The van der Waals surface area contributed by atoms with Crippen molar-refractivity contribution < 1.29 is 14.1 Å². The lowest BCUT2D eigenvalue weighted by Crippen LogP contribution is -2.39. The molecule has 5 rings (SSSR count). The van der Waals surface area contributed by atoms with Crippen molar-refractivity contribution in [2.45, 2.75) is 30.6 Å². The molecule has 2 aromatic heterocycles. The van der Waals surface area contributed by atoms with E-state index in [1.54, 1.807) is 13.3 Å². The number of amides is 1. The van der Waals surface area contributed by atoms with Crippen LogP contribution < -0.4 is 9.80 Å². The predicted molar refractivity (Wildman–Crippen MR) is 116 cm³/mol. The first-order chi connectivity index (χ1) is 15.2. The van der Waals surface area contributed by atoms with Gasteiger partial charge in [0.1, 0.15) is 18.0 Å². The third kappa shape index (κ3) is 3.66.